The fourth-order valence-corrected chi connectivity index (χ4v) is 7.75. The topological polar surface area (TPSA) is 113 Å². The van der Waals surface area contributed by atoms with Crippen LogP contribution in [0.15, 0.2) is 30.5 Å². The number of ether oxygens (including phenoxy) is 3. The molecule has 4 aliphatic carbocycles. The minimum Gasteiger partial charge on any atom is -0.405 e. The summed E-state index contributed by atoms with van der Waals surface area (Å²) < 4.78 is 54.3. The number of alkyl halides is 3. The maximum absolute atomic E-state index is 12.8. The lowest BCUT2D eigenvalue weighted by Gasteiger charge is -2.61. The second kappa shape index (κ2) is 11.2. The Morgan fingerprint density at radius 2 is 1.79 bits per heavy atom. The quantitative estimate of drug-likeness (QED) is 0.365. The number of nitrogens with zero attached hydrogens (tertiary/aromatic N) is 3. The van der Waals surface area contributed by atoms with Gasteiger partial charge in [0, 0.05) is 24.7 Å². The number of aromatic nitrogens is 2. The second-order valence-electron chi connectivity index (χ2n) is 12.8. The van der Waals surface area contributed by atoms with Gasteiger partial charge in [-0.3, -0.25) is 0 Å². The maximum Gasteiger partial charge on any atom is 0.573 e. The van der Waals surface area contributed by atoms with Crippen molar-refractivity contribution in [1.82, 2.24) is 15.3 Å². The van der Waals surface area contributed by atoms with Crippen LogP contribution >= 0.6 is 0 Å². The zero-order chi connectivity index (χ0) is 29.5. The largest absolute Gasteiger partial charge is 0.573 e. The molecule has 0 amide bonds. The summed E-state index contributed by atoms with van der Waals surface area (Å²) in [5.74, 6) is 1.72. The average molecular weight is 587 g/mol. The third kappa shape index (κ3) is 6.43. The van der Waals surface area contributed by atoms with Gasteiger partial charge in [0.05, 0.1) is 25.5 Å². The summed E-state index contributed by atoms with van der Waals surface area (Å²) in [6.07, 6.45) is 2.50. The summed E-state index contributed by atoms with van der Waals surface area (Å²) in [5, 5.41) is 20.0. The Labute approximate surface area is 243 Å². The Morgan fingerprint density at radius 1 is 1.07 bits per heavy atom. The molecule has 226 valence electrons. The summed E-state index contributed by atoms with van der Waals surface area (Å²) in [4.78, 5) is 8.73. The first kappa shape index (κ1) is 29.0. The Hall–Kier alpha value is -3.14. The van der Waals surface area contributed by atoms with Gasteiger partial charge in [-0.05, 0) is 75.2 Å². The van der Waals surface area contributed by atoms with Gasteiger partial charge in [-0.15, -0.1) is 13.2 Å². The number of rotatable bonds is 9. The van der Waals surface area contributed by atoms with Gasteiger partial charge in [-0.25, -0.2) is 4.98 Å². The van der Waals surface area contributed by atoms with E-state index in [1.807, 2.05) is 13.8 Å². The molecule has 5 atom stereocenters. The highest BCUT2D eigenvalue weighted by Gasteiger charge is 2.55. The zero-order valence-corrected chi connectivity index (χ0v) is 23.8. The van der Waals surface area contributed by atoms with Crippen molar-refractivity contribution in [2.45, 2.75) is 76.7 Å². The molecular weight excluding hydrogens is 549 g/mol. The number of benzene rings is 1. The number of halogens is 3. The number of nitrogens with one attached hydrogen (secondary N) is 3. The second-order valence-corrected chi connectivity index (χ2v) is 12.8. The molecule has 3 N–H and O–H groups in total. The third-order valence-corrected chi connectivity index (χ3v) is 9.27. The molecule has 1 aliphatic heterocycles. The van der Waals surface area contributed by atoms with Gasteiger partial charge in [-0.1, -0.05) is 18.2 Å². The lowest BCUT2D eigenvalue weighted by atomic mass is 9.48. The molecule has 9 nitrogen and oxygen atoms in total. The van der Waals surface area contributed by atoms with Crippen molar-refractivity contribution in [2.24, 2.45) is 23.2 Å². The van der Waals surface area contributed by atoms with Crippen LogP contribution in [-0.2, 0) is 16.0 Å². The van der Waals surface area contributed by atoms with E-state index in [-0.39, 0.29) is 29.7 Å². The Kier molecular flexibility index (Phi) is 7.70. The fourth-order valence-electron chi connectivity index (χ4n) is 7.75. The van der Waals surface area contributed by atoms with E-state index < -0.39 is 12.1 Å². The van der Waals surface area contributed by atoms with E-state index in [2.05, 4.69) is 36.7 Å². The van der Waals surface area contributed by atoms with Crippen LogP contribution in [0.3, 0.4) is 0 Å². The van der Waals surface area contributed by atoms with Gasteiger partial charge < -0.3 is 30.2 Å². The molecular formula is C30H37F3N6O3. The van der Waals surface area contributed by atoms with Crippen molar-refractivity contribution < 1.29 is 27.4 Å². The smallest absolute Gasteiger partial charge is 0.405 e. The minimum atomic E-state index is -4.79. The number of hydrogen-bond donors (Lipinski definition) is 3. The Bertz CT molecular complexity index is 1310. The molecule has 2 aromatic rings. The van der Waals surface area contributed by atoms with Gasteiger partial charge in [-0.2, -0.15) is 10.2 Å². The molecule has 1 saturated heterocycles. The van der Waals surface area contributed by atoms with E-state index in [0.29, 0.717) is 60.5 Å². The van der Waals surface area contributed by atoms with Crippen LogP contribution in [0.25, 0.3) is 0 Å². The van der Waals surface area contributed by atoms with E-state index in [1.54, 1.807) is 12.1 Å². The predicted molar refractivity (Wildman–Crippen MR) is 148 cm³/mol. The normalized spacial score (nSPS) is 30.1. The van der Waals surface area contributed by atoms with Gasteiger partial charge in [0.1, 0.15) is 23.2 Å². The molecule has 4 saturated carbocycles. The molecule has 1 aromatic carbocycles. The third-order valence-electron chi connectivity index (χ3n) is 9.27. The van der Waals surface area contributed by atoms with E-state index in [9.17, 15) is 18.4 Å². The van der Waals surface area contributed by atoms with Crippen LogP contribution in [0.1, 0.15) is 57.1 Å². The van der Waals surface area contributed by atoms with Crippen molar-refractivity contribution in [2.75, 3.05) is 30.4 Å². The molecule has 2 heterocycles. The number of hydrogen-bond acceptors (Lipinski definition) is 9. The molecule has 1 aromatic heterocycles. The molecule has 7 rings (SSSR count). The fraction of sp³-hybridized carbons (Fsp3) is 0.633. The molecule has 42 heavy (non-hydrogen) atoms. The van der Waals surface area contributed by atoms with Crippen molar-refractivity contribution in [3.8, 4) is 11.8 Å². The summed E-state index contributed by atoms with van der Waals surface area (Å²) in [7, 11) is 0. The van der Waals surface area contributed by atoms with Crippen LogP contribution in [0.5, 0.6) is 5.75 Å². The monoisotopic (exact) mass is 586 g/mol. The number of nitriles is 1. The molecule has 4 bridgehead atoms. The van der Waals surface area contributed by atoms with Crippen molar-refractivity contribution in [3.05, 3.63) is 41.6 Å². The van der Waals surface area contributed by atoms with Crippen molar-refractivity contribution in [1.29, 1.82) is 5.26 Å². The van der Waals surface area contributed by atoms with E-state index in [1.165, 1.54) is 31.2 Å². The van der Waals surface area contributed by atoms with Crippen LogP contribution in [0.4, 0.5) is 24.9 Å². The minimum absolute atomic E-state index is 0.0233. The van der Waals surface area contributed by atoms with Gasteiger partial charge >= 0.3 is 6.36 Å². The lowest BCUT2D eigenvalue weighted by Crippen LogP contribution is -2.63. The van der Waals surface area contributed by atoms with Crippen LogP contribution in [0, 0.1) is 34.5 Å². The van der Waals surface area contributed by atoms with Gasteiger partial charge in [0.2, 0.25) is 5.95 Å². The highest BCUT2D eigenvalue weighted by molar-refractivity contribution is 5.53. The standard InChI is InChI=1S/C30H37F3N6O3/c1-28(2)40-15-23(16-41-28)38-25-20-7-18-8-21(25)11-29(9-18,10-20)17-37-26-22(12-34)14-36-27(39-26)35-13-19-5-3-4-6-24(19)42-30(31,32)33/h3-6,14,18,20-21,23,25,38H,7-11,13,15-17H2,1-2H3,(H2,35,36,37,39)/t18?,20-,21+,25?,29?. The summed E-state index contributed by atoms with van der Waals surface area (Å²) in [6, 6.07) is 8.74. The molecule has 5 fully saturated rings. The van der Waals surface area contributed by atoms with Crippen molar-refractivity contribution >= 4 is 11.8 Å². The van der Waals surface area contributed by atoms with Gasteiger partial charge in [0.15, 0.2) is 5.79 Å². The maximum atomic E-state index is 12.8. The Morgan fingerprint density at radius 3 is 2.48 bits per heavy atom. The molecule has 5 aliphatic rings. The zero-order valence-electron chi connectivity index (χ0n) is 23.8. The van der Waals surface area contributed by atoms with E-state index >= 15 is 0 Å². The number of para-hydroxylation sites is 1. The predicted octanol–water partition coefficient (Wildman–Crippen LogP) is 5.21. The first-order chi connectivity index (χ1) is 20.0. The highest BCUT2D eigenvalue weighted by Crippen LogP contribution is 2.60. The Balaban J connectivity index is 1.09. The van der Waals surface area contributed by atoms with Crippen LogP contribution in [0.2, 0.25) is 0 Å². The summed E-state index contributed by atoms with van der Waals surface area (Å²) in [5.41, 5.74) is 0.769. The SMILES string of the molecule is CC1(C)OCC(NC2[C@@H]3CC4C[C@H]2CC(CNc2nc(NCc5ccccc5OC(F)(F)F)ncc2C#N)(C4)C3)CO1. The first-order valence-electron chi connectivity index (χ1n) is 14.6. The highest BCUT2D eigenvalue weighted by atomic mass is 19.4. The molecule has 0 radical (unpaired) electrons. The average Bonchev–Trinajstić information content (AvgIpc) is 2.93. The molecule has 12 heteroatoms. The van der Waals surface area contributed by atoms with E-state index in [4.69, 9.17) is 9.47 Å². The van der Waals surface area contributed by atoms with Crippen LogP contribution < -0.4 is 20.7 Å². The lowest BCUT2D eigenvalue weighted by molar-refractivity contribution is -0.274. The number of anilines is 2. The van der Waals surface area contributed by atoms with Crippen molar-refractivity contribution in [3.63, 3.8) is 0 Å². The van der Waals surface area contributed by atoms with Gasteiger partial charge in [0.25, 0.3) is 0 Å². The molecule has 3 unspecified atom stereocenters. The summed E-state index contributed by atoms with van der Waals surface area (Å²) in [6.45, 7) is 5.94. The summed E-state index contributed by atoms with van der Waals surface area (Å²) >= 11 is 0. The first-order valence-corrected chi connectivity index (χ1v) is 14.6. The van der Waals surface area contributed by atoms with E-state index in [0.717, 1.165) is 19.3 Å². The van der Waals surface area contributed by atoms with Crippen LogP contribution in [-0.4, -0.2) is 54.0 Å². The molecule has 0 spiro atoms.